The number of hydrazone groups is 1. The molecule has 20 heavy (non-hydrogen) atoms. The second kappa shape index (κ2) is 6.73. The van der Waals surface area contributed by atoms with Gasteiger partial charge in [0.25, 0.3) is 5.91 Å². The van der Waals surface area contributed by atoms with Crippen LogP contribution in [0, 0.1) is 0 Å². The molecule has 0 aliphatic carbocycles. The Morgan fingerprint density at radius 3 is 2.60 bits per heavy atom. The van der Waals surface area contributed by atoms with Crippen molar-refractivity contribution in [2.45, 2.75) is 0 Å². The molecule has 0 bridgehead atoms. The molecular formula is C15H14ClN3O. The number of hydrogen-bond acceptors (Lipinski definition) is 3. The lowest BCUT2D eigenvalue weighted by Crippen LogP contribution is -2.19. The van der Waals surface area contributed by atoms with Crippen molar-refractivity contribution in [2.24, 2.45) is 5.10 Å². The normalized spacial score (nSPS) is 10.5. The number of amides is 1. The van der Waals surface area contributed by atoms with Crippen LogP contribution in [-0.2, 0) is 0 Å². The van der Waals surface area contributed by atoms with Gasteiger partial charge in [-0.2, -0.15) is 5.10 Å². The summed E-state index contributed by atoms with van der Waals surface area (Å²) in [6.07, 6.45) is 1.52. The van der Waals surface area contributed by atoms with Crippen molar-refractivity contribution in [3.05, 3.63) is 64.7 Å². The average Bonchev–Trinajstić information content (AvgIpc) is 2.49. The first kappa shape index (κ1) is 14.1. The maximum absolute atomic E-state index is 12.0. The van der Waals surface area contributed by atoms with Crippen molar-refractivity contribution in [3.63, 3.8) is 0 Å². The standard InChI is InChI=1S/C15H14ClN3O/c1-17-14-9-5-3-7-12(14)15(20)19-18-10-11-6-2-4-8-13(11)16/h2-10,17H,1H3,(H,19,20)/b18-10+. The first-order valence-corrected chi connectivity index (χ1v) is 6.45. The van der Waals surface area contributed by atoms with Crippen molar-refractivity contribution in [2.75, 3.05) is 12.4 Å². The van der Waals surface area contributed by atoms with E-state index >= 15 is 0 Å². The van der Waals surface area contributed by atoms with Crippen molar-refractivity contribution >= 4 is 29.4 Å². The van der Waals surface area contributed by atoms with Gasteiger partial charge >= 0.3 is 0 Å². The third-order valence-corrected chi connectivity index (χ3v) is 3.06. The van der Waals surface area contributed by atoms with E-state index in [4.69, 9.17) is 11.6 Å². The van der Waals surface area contributed by atoms with Gasteiger partial charge in [0, 0.05) is 23.3 Å². The highest BCUT2D eigenvalue weighted by Crippen LogP contribution is 2.14. The van der Waals surface area contributed by atoms with Crippen LogP contribution in [0.3, 0.4) is 0 Å². The van der Waals surface area contributed by atoms with Crippen LogP contribution in [0.2, 0.25) is 5.02 Å². The van der Waals surface area contributed by atoms with E-state index in [0.717, 1.165) is 11.3 Å². The zero-order valence-electron chi connectivity index (χ0n) is 10.9. The number of anilines is 1. The second-order valence-electron chi connectivity index (χ2n) is 4.02. The third-order valence-electron chi connectivity index (χ3n) is 2.72. The zero-order valence-corrected chi connectivity index (χ0v) is 11.7. The minimum Gasteiger partial charge on any atom is -0.387 e. The van der Waals surface area contributed by atoms with Gasteiger partial charge in [0.2, 0.25) is 0 Å². The molecular weight excluding hydrogens is 274 g/mol. The number of nitrogens with zero attached hydrogens (tertiary/aromatic N) is 1. The van der Waals surface area contributed by atoms with Gasteiger partial charge in [-0.25, -0.2) is 5.43 Å². The van der Waals surface area contributed by atoms with Crippen molar-refractivity contribution in [3.8, 4) is 0 Å². The summed E-state index contributed by atoms with van der Waals surface area (Å²) in [4.78, 5) is 12.0. The van der Waals surface area contributed by atoms with Crippen LogP contribution in [-0.4, -0.2) is 19.2 Å². The molecule has 2 aromatic rings. The van der Waals surface area contributed by atoms with Gasteiger partial charge in [0.05, 0.1) is 11.8 Å². The largest absolute Gasteiger partial charge is 0.387 e. The smallest absolute Gasteiger partial charge is 0.273 e. The molecule has 0 heterocycles. The van der Waals surface area contributed by atoms with E-state index in [0.29, 0.717) is 10.6 Å². The summed E-state index contributed by atoms with van der Waals surface area (Å²) in [5, 5.41) is 7.46. The minimum absolute atomic E-state index is 0.279. The summed E-state index contributed by atoms with van der Waals surface area (Å²) >= 11 is 5.99. The molecule has 2 N–H and O–H groups in total. The predicted molar refractivity (Wildman–Crippen MR) is 82.5 cm³/mol. The molecule has 0 aromatic heterocycles. The maximum Gasteiger partial charge on any atom is 0.273 e. The van der Waals surface area contributed by atoms with Crippen LogP contribution < -0.4 is 10.7 Å². The molecule has 0 aliphatic rings. The number of halogens is 1. The Morgan fingerprint density at radius 1 is 1.15 bits per heavy atom. The highest BCUT2D eigenvalue weighted by molar-refractivity contribution is 6.33. The SMILES string of the molecule is CNc1ccccc1C(=O)N/N=C/c1ccccc1Cl. The molecule has 0 fully saturated rings. The van der Waals surface area contributed by atoms with Gasteiger partial charge in [-0.1, -0.05) is 41.9 Å². The van der Waals surface area contributed by atoms with E-state index in [1.54, 1.807) is 25.2 Å². The molecule has 0 atom stereocenters. The quantitative estimate of drug-likeness (QED) is 0.670. The Hall–Kier alpha value is -2.33. The van der Waals surface area contributed by atoms with Crippen molar-refractivity contribution < 1.29 is 4.79 Å². The van der Waals surface area contributed by atoms with E-state index in [1.165, 1.54) is 6.21 Å². The first-order valence-electron chi connectivity index (χ1n) is 6.07. The van der Waals surface area contributed by atoms with Gasteiger partial charge in [0.1, 0.15) is 0 Å². The number of nitrogens with one attached hydrogen (secondary N) is 2. The summed E-state index contributed by atoms with van der Waals surface area (Å²) in [5.74, 6) is -0.279. The van der Waals surface area contributed by atoms with Crippen molar-refractivity contribution in [1.29, 1.82) is 0 Å². The summed E-state index contributed by atoms with van der Waals surface area (Å²) in [6.45, 7) is 0. The lowest BCUT2D eigenvalue weighted by atomic mass is 10.1. The van der Waals surface area contributed by atoms with Crippen molar-refractivity contribution in [1.82, 2.24) is 5.43 Å². The van der Waals surface area contributed by atoms with Gasteiger partial charge in [-0.3, -0.25) is 4.79 Å². The molecule has 0 aliphatic heterocycles. The Kier molecular flexibility index (Phi) is 4.74. The number of para-hydroxylation sites is 1. The van der Waals surface area contributed by atoms with Crippen LogP contribution >= 0.6 is 11.6 Å². The lowest BCUT2D eigenvalue weighted by Gasteiger charge is -2.06. The molecule has 2 rings (SSSR count). The summed E-state index contributed by atoms with van der Waals surface area (Å²) < 4.78 is 0. The van der Waals surface area contributed by atoms with Crippen LogP contribution in [0.5, 0.6) is 0 Å². The van der Waals surface area contributed by atoms with Crippen LogP contribution in [0.4, 0.5) is 5.69 Å². The van der Waals surface area contributed by atoms with Gasteiger partial charge < -0.3 is 5.32 Å². The second-order valence-corrected chi connectivity index (χ2v) is 4.42. The number of benzene rings is 2. The Labute approximate surface area is 122 Å². The lowest BCUT2D eigenvalue weighted by molar-refractivity contribution is 0.0956. The summed E-state index contributed by atoms with van der Waals surface area (Å²) in [5.41, 5.74) is 4.51. The molecule has 1 amide bonds. The molecule has 0 saturated carbocycles. The Morgan fingerprint density at radius 2 is 1.85 bits per heavy atom. The zero-order chi connectivity index (χ0) is 14.4. The molecule has 0 radical (unpaired) electrons. The highest BCUT2D eigenvalue weighted by Gasteiger charge is 2.08. The molecule has 102 valence electrons. The number of carbonyl (C=O) groups is 1. The van der Waals surface area contributed by atoms with Crippen LogP contribution in [0.1, 0.15) is 15.9 Å². The van der Waals surface area contributed by atoms with E-state index < -0.39 is 0 Å². The number of hydrogen-bond donors (Lipinski definition) is 2. The van der Waals surface area contributed by atoms with E-state index in [9.17, 15) is 4.79 Å². The van der Waals surface area contributed by atoms with E-state index in [-0.39, 0.29) is 5.91 Å². The minimum atomic E-state index is -0.279. The molecule has 2 aromatic carbocycles. The average molecular weight is 288 g/mol. The molecule has 0 unspecified atom stereocenters. The molecule has 0 spiro atoms. The molecule has 0 saturated heterocycles. The number of carbonyl (C=O) groups excluding carboxylic acids is 1. The number of rotatable bonds is 4. The highest BCUT2D eigenvalue weighted by atomic mass is 35.5. The molecule has 4 nitrogen and oxygen atoms in total. The fourth-order valence-corrected chi connectivity index (χ4v) is 1.88. The summed E-state index contributed by atoms with van der Waals surface area (Å²) in [7, 11) is 1.76. The van der Waals surface area contributed by atoms with Gasteiger partial charge in [-0.05, 0) is 18.2 Å². The predicted octanol–water partition coefficient (Wildman–Crippen LogP) is 3.15. The Bertz CT molecular complexity index is 641. The fourth-order valence-electron chi connectivity index (χ4n) is 1.70. The third kappa shape index (κ3) is 3.36. The summed E-state index contributed by atoms with van der Waals surface area (Å²) in [6, 6.07) is 14.5. The monoisotopic (exact) mass is 287 g/mol. The molecule has 5 heteroatoms. The van der Waals surface area contributed by atoms with E-state index in [1.807, 2.05) is 30.3 Å². The van der Waals surface area contributed by atoms with Gasteiger partial charge in [0.15, 0.2) is 0 Å². The Balaban J connectivity index is 2.07. The van der Waals surface area contributed by atoms with Gasteiger partial charge in [-0.15, -0.1) is 0 Å². The maximum atomic E-state index is 12.0. The first-order chi connectivity index (χ1) is 9.72. The van der Waals surface area contributed by atoms with E-state index in [2.05, 4.69) is 15.8 Å². The topological polar surface area (TPSA) is 53.5 Å². The van der Waals surface area contributed by atoms with Crippen LogP contribution in [0.15, 0.2) is 53.6 Å². The fraction of sp³-hybridized carbons (Fsp3) is 0.0667. The van der Waals surface area contributed by atoms with Crippen LogP contribution in [0.25, 0.3) is 0 Å².